The zero-order valence-corrected chi connectivity index (χ0v) is 10.4. The molecule has 0 aliphatic heterocycles. The average molecular weight is 277 g/mol. The first-order valence-electron chi connectivity index (χ1n) is 4.51. The Morgan fingerprint density at radius 1 is 1.59 bits per heavy atom. The summed E-state index contributed by atoms with van der Waals surface area (Å²) in [6.45, 7) is 1.45. The van der Waals surface area contributed by atoms with Crippen LogP contribution in [-0.2, 0) is 10.0 Å². The molecule has 0 spiro atoms. The van der Waals surface area contributed by atoms with Gasteiger partial charge in [0, 0.05) is 5.69 Å². The zero-order chi connectivity index (χ0) is 13.2. The molecule has 0 fully saturated rings. The van der Waals surface area contributed by atoms with Gasteiger partial charge in [-0.05, 0) is 19.1 Å². The summed E-state index contributed by atoms with van der Waals surface area (Å²) in [5.41, 5.74) is 5.45. The van der Waals surface area contributed by atoms with Crippen molar-refractivity contribution in [3.05, 3.63) is 23.0 Å². The molecular weight excluding hydrogens is 267 g/mol. The smallest absolute Gasteiger partial charge is 0.244 e. The van der Waals surface area contributed by atoms with Crippen molar-refractivity contribution in [2.75, 3.05) is 5.73 Å². The van der Waals surface area contributed by atoms with Gasteiger partial charge in [-0.15, -0.1) is 6.42 Å². The Labute approximate surface area is 104 Å². The number of sulfonamides is 1. The van der Waals surface area contributed by atoms with Crippen molar-refractivity contribution in [3.8, 4) is 12.3 Å². The van der Waals surface area contributed by atoms with Crippen LogP contribution in [0.3, 0.4) is 0 Å². The topological polar surface area (TPSA) is 72.2 Å². The lowest BCUT2D eigenvalue weighted by Crippen LogP contribution is -2.32. The predicted octanol–water partition coefficient (Wildman–Crippen LogP) is 1.36. The summed E-state index contributed by atoms with van der Waals surface area (Å²) in [6, 6.07) is 1.34. The van der Waals surface area contributed by atoms with Crippen molar-refractivity contribution in [3.63, 3.8) is 0 Å². The number of benzene rings is 1. The van der Waals surface area contributed by atoms with E-state index in [4.69, 9.17) is 23.8 Å². The van der Waals surface area contributed by atoms with Gasteiger partial charge in [0.15, 0.2) is 5.82 Å². The average Bonchev–Trinajstić information content (AvgIpc) is 2.22. The van der Waals surface area contributed by atoms with Crippen molar-refractivity contribution < 1.29 is 12.8 Å². The quantitative estimate of drug-likeness (QED) is 0.647. The van der Waals surface area contributed by atoms with E-state index in [1.807, 2.05) is 0 Å². The van der Waals surface area contributed by atoms with Crippen LogP contribution in [0.15, 0.2) is 17.0 Å². The lowest BCUT2D eigenvalue weighted by Gasteiger charge is -2.11. The molecule has 1 rings (SSSR count). The number of nitrogen functional groups attached to an aromatic ring is 1. The molecule has 0 saturated carbocycles. The molecule has 0 heterocycles. The van der Waals surface area contributed by atoms with Crippen LogP contribution in [0.25, 0.3) is 0 Å². The van der Waals surface area contributed by atoms with Gasteiger partial charge in [-0.2, -0.15) is 4.72 Å². The first-order chi connectivity index (χ1) is 7.77. The van der Waals surface area contributed by atoms with Crippen LogP contribution in [0.2, 0.25) is 5.02 Å². The standard InChI is InChI=1S/C10H10ClFN2O2S/c1-3-6(2)14-17(15,16)9-5-7(13)4-8(11)10(9)12/h1,4-6,14H,13H2,2H3. The third kappa shape index (κ3) is 3.09. The van der Waals surface area contributed by atoms with Crippen molar-refractivity contribution in [1.82, 2.24) is 4.72 Å². The number of nitrogens with one attached hydrogen (secondary N) is 1. The molecule has 0 aromatic heterocycles. The number of rotatable bonds is 3. The van der Waals surface area contributed by atoms with Gasteiger partial charge in [0.2, 0.25) is 10.0 Å². The van der Waals surface area contributed by atoms with Crippen LogP contribution in [0.4, 0.5) is 10.1 Å². The highest BCUT2D eigenvalue weighted by Gasteiger charge is 2.23. The second-order valence-corrected chi connectivity index (χ2v) is 5.41. The van der Waals surface area contributed by atoms with Gasteiger partial charge < -0.3 is 5.73 Å². The van der Waals surface area contributed by atoms with Crippen molar-refractivity contribution in [2.24, 2.45) is 0 Å². The van der Waals surface area contributed by atoms with E-state index in [1.165, 1.54) is 6.92 Å². The summed E-state index contributed by atoms with van der Waals surface area (Å²) < 4.78 is 39.2. The number of anilines is 1. The van der Waals surface area contributed by atoms with Crippen LogP contribution in [0, 0.1) is 18.2 Å². The predicted molar refractivity (Wildman–Crippen MR) is 64.4 cm³/mol. The fourth-order valence-electron chi connectivity index (χ4n) is 1.11. The molecule has 4 nitrogen and oxygen atoms in total. The normalized spacial score (nSPS) is 13.1. The van der Waals surface area contributed by atoms with E-state index in [1.54, 1.807) is 0 Å². The van der Waals surface area contributed by atoms with E-state index >= 15 is 0 Å². The number of halogens is 2. The van der Waals surface area contributed by atoms with Crippen molar-refractivity contribution in [1.29, 1.82) is 0 Å². The Bertz CT molecular complexity index is 581. The van der Waals surface area contributed by atoms with E-state index in [2.05, 4.69) is 10.6 Å². The summed E-state index contributed by atoms with van der Waals surface area (Å²) in [6.07, 6.45) is 5.03. The van der Waals surface area contributed by atoms with Gasteiger partial charge in [0.1, 0.15) is 4.90 Å². The summed E-state index contributed by atoms with van der Waals surface area (Å²) >= 11 is 5.51. The van der Waals surface area contributed by atoms with Crippen molar-refractivity contribution >= 4 is 27.3 Å². The number of hydrogen-bond donors (Lipinski definition) is 2. The Balaban J connectivity index is 3.30. The fourth-order valence-corrected chi connectivity index (χ4v) is 2.69. The molecule has 0 bridgehead atoms. The van der Waals surface area contributed by atoms with Crippen LogP contribution in [0.1, 0.15) is 6.92 Å². The van der Waals surface area contributed by atoms with E-state index in [9.17, 15) is 12.8 Å². The number of nitrogens with two attached hydrogens (primary N) is 1. The summed E-state index contributed by atoms with van der Waals surface area (Å²) in [5, 5.41) is -0.362. The lowest BCUT2D eigenvalue weighted by molar-refractivity contribution is 0.554. The Morgan fingerprint density at radius 3 is 2.71 bits per heavy atom. The van der Waals surface area contributed by atoms with E-state index < -0.39 is 26.8 Å². The summed E-state index contributed by atoms with van der Waals surface area (Å²) in [7, 11) is -4.08. The molecule has 17 heavy (non-hydrogen) atoms. The molecule has 3 N–H and O–H groups in total. The minimum absolute atomic E-state index is 0.0464. The maximum atomic E-state index is 13.6. The largest absolute Gasteiger partial charge is 0.399 e. The first kappa shape index (κ1) is 13.8. The highest BCUT2D eigenvalue weighted by atomic mass is 35.5. The third-order valence-electron chi connectivity index (χ3n) is 1.89. The molecule has 1 unspecified atom stereocenters. The van der Waals surface area contributed by atoms with Crippen LogP contribution >= 0.6 is 11.6 Å². The second kappa shape index (κ2) is 4.92. The molecule has 0 amide bonds. The SMILES string of the molecule is C#CC(C)NS(=O)(=O)c1cc(N)cc(Cl)c1F. The molecule has 1 atom stereocenters. The van der Waals surface area contributed by atoms with Crippen LogP contribution < -0.4 is 10.5 Å². The molecule has 1 aromatic carbocycles. The Morgan fingerprint density at radius 2 is 2.18 bits per heavy atom. The van der Waals surface area contributed by atoms with Gasteiger partial charge in [-0.3, -0.25) is 0 Å². The number of hydrogen-bond acceptors (Lipinski definition) is 3. The molecule has 92 valence electrons. The second-order valence-electron chi connectivity index (χ2n) is 3.32. The van der Waals surface area contributed by atoms with Gasteiger partial charge in [0.25, 0.3) is 0 Å². The summed E-state index contributed by atoms with van der Waals surface area (Å²) in [5.74, 6) is 1.10. The molecule has 7 heteroatoms. The molecule has 1 aromatic rings. The van der Waals surface area contributed by atoms with Gasteiger partial charge >= 0.3 is 0 Å². The minimum atomic E-state index is -4.08. The molecule has 0 aliphatic rings. The zero-order valence-electron chi connectivity index (χ0n) is 8.87. The third-order valence-corrected chi connectivity index (χ3v) is 3.70. The first-order valence-corrected chi connectivity index (χ1v) is 6.37. The van der Waals surface area contributed by atoms with Gasteiger partial charge in [-0.25, -0.2) is 12.8 Å². The van der Waals surface area contributed by atoms with E-state index in [0.29, 0.717) is 0 Å². The van der Waals surface area contributed by atoms with Crippen molar-refractivity contribution in [2.45, 2.75) is 17.9 Å². The molecular formula is C10H10ClFN2O2S. The Hall–Kier alpha value is -1.29. The fraction of sp³-hybridized carbons (Fsp3) is 0.200. The highest BCUT2D eigenvalue weighted by molar-refractivity contribution is 7.89. The maximum absolute atomic E-state index is 13.6. The van der Waals surface area contributed by atoms with Crippen LogP contribution in [0.5, 0.6) is 0 Å². The van der Waals surface area contributed by atoms with E-state index in [0.717, 1.165) is 12.1 Å². The summed E-state index contributed by atoms with van der Waals surface area (Å²) in [4.78, 5) is -0.621. The Kier molecular flexibility index (Phi) is 3.98. The minimum Gasteiger partial charge on any atom is -0.399 e. The molecule has 0 radical (unpaired) electrons. The molecule has 0 saturated heterocycles. The maximum Gasteiger partial charge on any atom is 0.244 e. The number of terminal acetylenes is 1. The van der Waals surface area contributed by atoms with Crippen LogP contribution in [-0.4, -0.2) is 14.5 Å². The van der Waals surface area contributed by atoms with Gasteiger partial charge in [0.05, 0.1) is 11.1 Å². The highest BCUT2D eigenvalue weighted by Crippen LogP contribution is 2.25. The van der Waals surface area contributed by atoms with Gasteiger partial charge in [-0.1, -0.05) is 17.5 Å². The monoisotopic (exact) mass is 276 g/mol. The molecule has 0 aliphatic carbocycles. The lowest BCUT2D eigenvalue weighted by atomic mass is 10.3. The van der Waals surface area contributed by atoms with E-state index in [-0.39, 0.29) is 10.7 Å².